The molecule has 0 atom stereocenters. The molecule has 0 aliphatic carbocycles. The van der Waals surface area contributed by atoms with E-state index < -0.39 is 5.82 Å². The first-order chi connectivity index (χ1) is 23.3. The molecule has 2 aromatic carbocycles. The van der Waals surface area contributed by atoms with Gasteiger partial charge < -0.3 is 14.9 Å². The first kappa shape index (κ1) is 31.9. The SMILES string of the molecule is CCc1nc2ccc(N3CCN(CC(=O)N4CC(CO)C4)CC3)cn2c1-c1ccc(-c2nc(-c3ccc(F)cc3)c(C#N)s2)c(F)c1C. The van der Waals surface area contributed by atoms with Gasteiger partial charge in [0.1, 0.15) is 33.2 Å². The van der Waals surface area contributed by atoms with E-state index >= 15 is 4.39 Å². The van der Waals surface area contributed by atoms with Crippen LogP contribution in [0.3, 0.4) is 0 Å². The molecule has 2 fully saturated rings. The monoisotopic (exact) mass is 667 g/mol. The standard InChI is InChI=1S/C36H35F2N7O2S/c1-3-29-35(27-9-10-28(33(38)22(27)2)36-41-34(30(16-39)48-36)24-4-6-25(37)7-5-24)45-19-26(8-11-31(45)40-29)43-14-12-42(13-15-43)20-32(47)44-17-23(18-44)21-46/h4-11,19,23,46H,3,12-15,17-18,20-21H2,1-2H3. The number of thiazole rings is 1. The molecule has 48 heavy (non-hydrogen) atoms. The molecule has 0 unspecified atom stereocenters. The minimum atomic E-state index is -0.416. The number of nitriles is 1. The molecule has 5 heterocycles. The Balaban J connectivity index is 1.15. The van der Waals surface area contributed by atoms with Crippen LogP contribution in [0, 0.1) is 35.8 Å². The van der Waals surface area contributed by atoms with Crippen LogP contribution in [0.4, 0.5) is 14.5 Å². The lowest BCUT2D eigenvalue weighted by Crippen LogP contribution is -2.56. The van der Waals surface area contributed by atoms with E-state index in [9.17, 15) is 19.6 Å². The first-order valence-electron chi connectivity index (χ1n) is 16.1. The average molecular weight is 668 g/mol. The smallest absolute Gasteiger partial charge is 0.236 e. The van der Waals surface area contributed by atoms with Gasteiger partial charge in [-0.25, -0.2) is 18.7 Å². The number of amides is 1. The normalized spacial score (nSPS) is 15.6. The molecule has 2 aliphatic heterocycles. The summed E-state index contributed by atoms with van der Waals surface area (Å²) in [5.74, 6) is -0.478. The Morgan fingerprint density at radius 3 is 2.44 bits per heavy atom. The van der Waals surface area contributed by atoms with Crippen LogP contribution in [0.1, 0.15) is 23.1 Å². The zero-order chi connectivity index (χ0) is 33.5. The maximum absolute atomic E-state index is 16.2. The first-order valence-corrected chi connectivity index (χ1v) is 16.9. The number of halogens is 2. The van der Waals surface area contributed by atoms with Crippen molar-refractivity contribution in [1.82, 2.24) is 24.2 Å². The number of fused-ring (bicyclic) bond motifs is 1. The van der Waals surface area contributed by atoms with Gasteiger partial charge in [-0.3, -0.25) is 14.1 Å². The highest BCUT2D eigenvalue weighted by molar-refractivity contribution is 7.16. The van der Waals surface area contributed by atoms with Crippen LogP contribution in [0.25, 0.3) is 38.7 Å². The number of hydrogen-bond donors (Lipinski definition) is 1. The van der Waals surface area contributed by atoms with E-state index in [1.165, 1.54) is 12.1 Å². The number of aliphatic hydroxyl groups is 1. The Bertz CT molecular complexity index is 2040. The van der Waals surface area contributed by atoms with Gasteiger partial charge in [0.05, 0.1) is 29.3 Å². The summed E-state index contributed by atoms with van der Waals surface area (Å²) >= 11 is 1.11. The highest BCUT2D eigenvalue weighted by atomic mass is 32.1. The number of anilines is 1. The van der Waals surface area contributed by atoms with E-state index in [1.54, 1.807) is 25.1 Å². The van der Waals surface area contributed by atoms with Crippen LogP contribution in [0.5, 0.6) is 0 Å². The van der Waals surface area contributed by atoms with Gasteiger partial charge in [0.2, 0.25) is 5.91 Å². The van der Waals surface area contributed by atoms with Crippen LogP contribution in [0.15, 0.2) is 54.7 Å². The maximum atomic E-state index is 16.2. The van der Waals surface area contributed by atoms with Gasteiger partial charge >= 0.3 is 0 Å². The van der Waals surface area contributed by atoms with E-state index in [2.05, 4.69) is 33.1 Å². The lowest BCUT2D eigenvalue weighted by atomic mass is 9.99. The van der Waals surface area contributed by atoms with Crippen molar-refractivity contribution in [2.75, 3.05) is 57.3 Å². The molecule has 1 amide bonds. The summed E-state index contributed by atoms with van der Waals surface area (Å²) in [6, 6.07) is 15.6. The topological polar surface area (TPSA) is 101 Å². The van der Waals surface area contributed by atoms with Gasteiger partial charge in [-0.05, 0) is 61.4 Å². The molecule has 5 aromatic rings. The quantitative estimate of drug-likeness (QED) is 0.237. The molecule has 2 saturated heterocycles. The number of aliphatic hydroxyl groups excluding tert-OH is 1. The molecule has 0 radical (unpaired) electrons. The largest absolute Gasteiger partial charge is 0.396 e. The molecule has 0 bridgehead atoms. The number of piperazine rings is 1. The summed E-state index contributed by atoms with van der Waals surface area (Å²) in [6.07, 6.45) is 2.73. The Morgan fingerprint density at radius 2 is 1.75 bits per heavy atom. The third-order valence-electron chi connectivity index (χ3n) is 9.39. The summed E-state index contributed by atoms with van der Waals surface area (Å²) in [5.41, 5.74) is 5.98. The molecule has 12 heteroatoms. The minimum Gasteiger partial charge on any atom is -0.396 e. The second-order valence-electron chi connectivity index (χ2n) is 12.4. The summed E-state index contributed by atoms with van der Waals surface area (Å²) in [5, 5.41) is 19.4. The number of aryl methyl sites for hydroxylation is 1. The summed E-state index contributed by atoms with van der Waals surface area (Å²) < 4.78 is 31.8. The molecular weight excluding hydrogens is 633 g/mol. The number of aromatic nitrogens is 3. The van der Waals surface area contributed by atoms with Crippen molar-refractivity contribution < 1.29 is 18.7 Å². The number of likely N-dealkylation sites (tertiary alicyclic amines) is 1. The Hall–Kier alpha value is -4.70. The van der Waals surface area contributed by atoms with E-state index in [0.717, 1.165) is 65.8 Å². The number of carbonyl (C=O) groups is 1. The van der Waals surface area contributed by atoms with Crippen LogP contribution in [-0.4, -0.2) is 87.6 Å². The number of nitrogens with zero attached hydrogens (tertiary/aromatic N) is 7. The fourth-order valence-electron chi connectivity index (χ4n) is 6.57. The minimum absolute atomic E-state index is 0.118. The molecule has 3 aromatic heterocycles. The van der Waals surface area contributed by atoms with Crippen molar-refractivity contribution in [3.63, 3.8) is 0 Å². The highest BCUT2D eigenvalue weighted by Crippen LogP contribution is 2.39. The predicted octanol–water partition coefficient (Wildman–Crippen LogP) is 5.39. The van der Waals surface area contributed by atoms with Crippen molar-refractivity contribution in [3.05, 3.63) is 82.5 Å². The second kappa shape index (κ2) is 13.1. The van der Waals surface area contributed by atoms with Gasteiger partial charge in [0.15, 0.2) is 0 Å². The summed E-state index contributed by atoms with van der Waals surface area (Å²) in [7, 11) is 0. The Kier molecular flexibility index (Phi) is 8.68. The van der Waals surface area contributed by atoms with E-state index in [1.807, 2.05) is 28.4 Å². The van der Waals surface area contributed by atoms with Crippen molar-refractivity contribution in [3.8, 4) is 39.2 Å². The third kappa shape index (κ3) is 5.83. The van der Waals surface area contributed by atoms with Gasteiger partial charge in [-0.1, -0.05) is 13.0 Å². The molecule has 246 valence electrons. The Morgan fingerprint density at radius 1 is 1.02 bits per heavy atom. The Labute approximate surface area is 281 Å². The van der Waals surface area contributed by atoms with Crippen LogP contribution in [-0.2, 0) is 11.2 Å². The van der Waals surface area contributed by atoms with Crippen LogP contribution >= 0.6 is 11.3 Å². The van der Waals surface area contributed by atoms with E-state index in [0.29, 0.717) is 58.3 Å². The number of rotatable bonds is 8. The van der Waals surface area contributed by atoms with Crippen molar-refractivity contribution in [2.45, 2.75) is 20.3 Å². The molecule has 9 nitrogen and oxygen atoms in total. The van der Waals surface area contributed by atoms with Gasteiger partial charge in [-0.2, -0.15) is 5.26 Å². The van der Waals surface area contributed by atoms with Crippen molar-refractivity contribution in [2.24, 2.45) is 5.92 Å². The van der Waals surface area contributed by atoms with Crippen molar-refractivity contribution in [1.29, 1.82) is 5.26 Å². The second-order valence-corrected chi connectivity index (χ2v) is 13.4. The number of benzene rings is 2. The molecule has 2 aliphatic rings. The van der Waals surface area contributed by atoms with Crippen LogP contribution in [0.2, 0.25) is 0 Å². The molecular formula is C36H35F2N7O2S. The number of pyridine rings is 1. The predicted molar refractivity (Wildman–Crippen MR) is 182 cm³/mol. The van der Waals surface area contributed by atoms with E-state index in [-0.39, 0.29) is 24.2 Å². The zero-order valence-electron chi connectivity index (χ0n) is 26.8. The number of imidazole rings is 1. The van der Waals surface area contributed by atoms with Crippen molar-refractivity contribution >= 4 is 28.6 Å². The molecule has 7 rings (SSSR count). The number of carbonyl (C=O) groups excluding carboxylic acids is 1. The van der Waals surface area contributed by atoms with Crippen LogP contribution < -0.4 is 4.90 Å². The zero-order valence-corrected chi connectivity index (χ0v) is 27.6. The lowest BCUT2D eigenvalue weighted by Gasteiger charge is -2.41. The van der Waals surface area contributed by atoms with E-state index in [4.69, 9.17) is 4.98 Å². The number of hydrogen-bond acceptors (Lipinski definition) is 8. The van der Waals surface area contributed by atoms with Gasteiger partial charge in [-0.15, -0.1) is 11.3 Å². The maximum Gasteiger partial charge on any atom is 0.236 e. The van der Waals surface area contributed by atoms with Gasteiger partial charge in [0, 0.05) is 74.7 Å². The molecule has 1 N–H and O–H groups in total. The molecule has 0 saturated carbocycles. The van der Waals surface area contributed by atoms with Gasteiger partial charge in [0.25, 0.3) is 0 Å². The fraction of sp³-hybridized carbons (Fsp3) is 0.333. The lowest BCUT2D eigenvalue weighted by molar-refractivity contribution is -0.139. The highest BCUT2D eigenvalue weighted by Gasteiger charge is 2.31. The fourth-order valence-corrected chi connectivity index (χ4v) is 7.47. The summed E-state index contributed by atoms with van der Waals surface area (Å²) in [4.78, 5) is 28.8. The average Bonchev–Trinajstić information content (AvgIpc) is 3.67. The summed E-state index contributed by atoms with van der Waals surface area (Å²) in [6.45, 7) is 8.64. The molecule has 0 spiro atoms. The third-order valence-corrected chi connectivity index (χ3v) is 10.4.